The summed E-state index contributed by atoms with van der Waals surface area (Å²) >= 11 is 0. The molecule has 0 saturated heterocycles. The molecule has 2 aromatic heterocycles. The highest BCUT2D eigenvalue weighted by Crippen LogP contribution is 2.24. The number of aliphatic hydroxyl groups excluding tert-OH is 1. The first-order valence-corrected chi connectivity index (χ1v) is 11.4. The van der Waals surface area contributed by atoms with E-state index in [2.05, 4.69) is 49.2 Å². The molecule has 3 N–H and O–H groups in total. The fourth-order valence-corrected chi connectivity index (χ4v) is 3.56. The number of aromatic nitrogens is 4. The average molecular weight is 459 g/mol. The summed E-state index contributed by atoms with van der Waals surface area (Å²) in [6.07, 6.45) is 4.39. The third-order valence-electron chi connectivity index (χ3n) is 5.32. The Morgan fingerprint density at radius 1 is 1.06 bits per heavy atom. The first kappa shape index (κ1) is 23.4. The fourth-order valence-electron chi connectivity index (χ4n) is 3.56. The van der Waals surface area contributed by atoms with Crippen LogP contribution >= 0.6 is 0 Å². The Kier molecular flexibility index (Phi) is 7.85. The van der Waals surface area contributed by atoms with Crippen molar-refractivity contribution in [1.82, 2.24) is 24.8 Å². The van der Waals surface area contributed by atoms with E-state index in [9.17, 15) is 0 Å². The smallest absolute Gasteiger partial charge is 0.227 e. The Balaban J connectivity index is 1.39. The minimum absolute atomic E-state index is 0.169. The first-order valence-electron chi connectivity index (χ1n) is 11.4. The second-order valence-corrected chi connectivity index (χ2v) is 8.16. The van der Waals surface area contributed by atoms with Crippen molar-refractivity contribution >= 4 is 11.6 Å². The van der Waals surface area contributed by atoms with Crippen molar-refractivity contribution < 1.29 is 9.84 Å². The van der Waals surface area contributed by atoms with Gasteiger partial charge in [0.1, 0.15) is 11.6 Å². The quantitative estimate of drug-likeness (QED) is 0.289. The highest BCUT2D eigenvalue weighted by Gasteiger charge is 2.09. The van der Waals surface area contributed by atoms with Crippen LogP contribution in [0.3, 0.4) is 0 Å². The molecular formula is C26H30N6O2. The molecule has 176 valence electrons. The molecule has 0 atom stereocenters. The number of H-pyrrole nitrogens is 1. The summed E-state index contributed by atoms with van der Waals surface area (Å²) in [7, 11) is 1.99. The number of likely N-dealkylation sites (N-methyl/N-ethyl adjacent to an activating group) is 1. The molecule has 0 aliphatic heterocycles. The van der Waals surface area contributed by atoms with Crippen LogP contribution < -0.4 is 10.1 Å². The van der Waals surface area contributed by atoms with Crippen LogP contribution in [0.5, 0.6) is 5.75 Å². The highest BCUT2D eigenvalue weighted by atomic mass is 16.5. The molecule has 2 heterocycles. The summed E-state index contributed by atoms with van der Waals surface area (Å²) in [5.41, 5.74) is 4.64. The van der Waals surface area contributed by atoms with Gasteiger partial charge in [-0.1, -0.05) is 29.8 Å². The maximum absolute atomic E-state index is 8.97. The SMILES string of the molecule is Cc1cccc(-c2ncc(-c3ccnc(Nc4cccc(OCCCN(C)CCO)c4)n3)[nH]2)c1. The van der Waals surface area contributed by atoms with E-state index >= 15 is 0 Å². The maximum atomic E-state index is 8.97. The number of benzene rings is 2. The number of ether oxygens (including phenoxy) is 1. The van der Waals surface area contributed by atoms with Crippen LogP contribution in [0.25, 0.3) is 22.8 Å². The monoisotopic (exact) mass is 458 g/mol. The van der Waals surface area contributed by atoms with Crippen molar-refractivity contribution in [1.29, 1.82) is 0 Å². The minimum atomic E-state index is 0.169. The zero-order chi connectivity index (χ0) is 23.8. The van der Waals surface area contributed by atoms with Gasteiger partial charge in [0.25, 0.3) is 0 Å². The molecule has 0 spiro atoms. The molecule has 0 aliphatic carbocycles. The number of hydrogen-bond donors (Lipinski definition) is 3. The number of rotatable bonds is 11. The lowest BCUT2D eigenvalue weighted by molar-refractivity contribution is 0.207. The predicted molar refractivity (Wildman–Crippen MR) is 134 cm³/mol. The fraction of sp³-hybridized carbons (Fsp3) is 0.269. The Hall–Kier alpha value is -3.75. The van der Waals surface area contributed by atoms with Crippen LogP contribution in [0.15, 0.2) is 67.0 Å². The standard InChI is InChI=1S/C26H30N6O2/c1-19-6-3-7-20(16-19)25-28-18-24(30-25)23-10-11-27-26(31-23)29-21-8-4-9-22(17-21)34-15-5-12-32(2)13-14-33/h3-4,6-11,16-18,33H,5,12-15H2,1-2H3,(H,28,30)(H,27,29,31). The van der Waals surface area contributed by atoms with Gasteiger partial charge in [0.05, 0.1) is 30.8 Å². The summed E-state index contributed by atoms with van der Waals surface area (Å²) in [4.78, 5) is 18.9. The Morgan fingerprint density at radius 2 is 1.94 bits per heavy atom. The maximum Gasteiger partial charge on any atom is 0.227 e. The average Bonchev–Trinajstić information content (AvgIpc) is 3.33. The lowest BCUT2D eigenvalue weighted by Crippen LogP contribution is -2.24. The molecule has 2 aromatic carbocycles. The van der Waals surface area contributed by atoms with Gasteiger partial charge in [-0.15, -0.1) is 0 Å². The molecule has 0 fully saturated rings. The molecule has 0 bridgehead atoms. The first-order chi connectivity index (χ1) is 16.6. The van der Waals surface area contributed by atoms with Crippen LogP contribution in [0.2, 0.25) is 0 Å². The van der Waals surface area contributed by atoms with Gasteiger partial charge in [-0.05, 0) is 44.7 Å². The third kappa shape index (κ3) is 6.40. The summed E-state index contributed by atoms with van der Waals surface area (Å²) in [5.74, 6) is 2.08. The molecule has 4 aromatic rings. The number of aliphatic hydroxyl groups is 1. The summed E-state index contributed by atoms with van der Waals surface area (Å²) in [6.45, 7) is 4.38. The summed E-state index contributed by atoms with van der Waals surface area (Å²) in [5, 5.41) is 12.2. The van der Waals surface area contributed by atoms with Gasteiger partial charge in [-0.25, -0.2) is 15.0 Å². The molecule has 4 rings (SSSR count). The molecular weight excluding hydrogens is 428 g/mol. The van der Waals surface area contributed by atoms with Crippen molar-refractivity contribution in [3.8, 4) is 28.5 Å². The van der Waals surface area contributed by atoms with Crippen molar-refractivity contribution in [3.05, 3.63) is 72.6 Å². The second kappa shape index (κ2) is 11.4. The van der Waals surface area contributed by atoms with Crippen molar-refractivity contribution in [3.63, 3.8) is 0 Å². The van der Waals surface area contributed by atoms with Gasteiger partial charge < -0.3 is 25.0 Å². The lowest BCUT2D eigenvalue weighted by atomic mass is 10.1. The van der Waals surface area contributed by atoms with Crippen molar-refractivity contribution in [2.45, 2.75) is 13.3 Å². The van der Waals surface area contributed by atoms with Gasteiger partial charge >= 0.3 is 0 Å². The lowest BCUT2D eigenvalue weighted by Gasteiger charge is -2.15. The zero-order valence-corrected chi connectivity index (χ0v) is 19.5. The van der Waals surface area contributed by atoms with Gasteiger partial charge in [-0.3, -0.25) is 0 Å². The zero-order valence-electron chi connectivity index (χ0n) is 19.5. The van der Waals surface area contributed by atoms with E-state index in [-0.39, 0.29) is 6.61 Å². The predicted octanol–water partition coefficient (Wildman–Crippen LogP) is 4.28. The number of imidazole rings is 1. The molecule has 0 radical (unpaired) electrons. The van der Waals surface area contributed by atoms with E-state index < -0.39 is 0 Å². The molecule has 8 nitrogen and oxygen atoms in total. The molecule has 8 heteroatoms. The second-order valence-electron chi connectivity index (χ2n) is 8.16. The van der Waals surface area contributed by atoms with E-state index in [1.807, 2.05) is 49.5 Å². The van der Waals surface area contributed by atoms with Gasteiger partial charge in [0.15, 0.2) is 0 Å². The van der Waals surface area contributed by atoms with Crippen LogP contribution in [-0.2, 0) is 0 Å². The summed E-state index contributed by atoms with van der Waals surface area (Å²) < 4.78 is 5.88. The molecule has 0 aliphatic rings. The third-order valence-corrected chi connectivity index (χ3v) is 5.32. The van der Waals surface area contributed by atoms with E-state index in [1.54, 1.807) is 12.4 Å². The molecule has 0 saturated carbocycles. The molecule has 0 unspecified atom stereocenters. The largest absolute Gasteiger partial charge is 0.493 e. The van der Waals surface area contributed by atoms with Crippen LogP contribution in [0.4, 0.5) is 11.6 Å². The molecule has 34 heavy (non-hydrogen) atoms. The highest BCUT2D eigenvalue weighted by molar-refractivity contribution is 5.64. The number of hydrogen-bond acceptors (Lipinski definition) is 7. The van der Waals surface area contributed by atoms with E-state index in [1.165, 1.54) is 5.56 Å². The van der Waals surface area contributed by atoms with Crippen LogP contribution in [0, 0.1) is 6.92 Å². The Labute approximate surface area is 199 Å². The van der Waals surface area contributed by atoms with Crippen molar-refractivity contribution in [2.24, 2.45) is 0 Å². The molecule has 0 amide bonds. The van der Waals surface area contributed by atoms with Gasteiger partial charge in [0.2, 0.25) is 5.95 Å². The Morgan fingerprint density at radius 3 is 2.79 bits per heavy atom. The number of anilines is 2. The minimum Gasteiger partial charge on any atom is -0.493 e. The normalized spacial score (nSPS) is 11.1. The van der Waals surface area contributed by atoms with E-state index in [0.29, 0.717) is 19.1 Å². The van der Waals surface area contributed by atoms with Gasteiger partial charge in [-0.2, -0.15) is 0 Å². The number of aromatic amines is 1. The Bertz CT molecular complexity index is 1210. The number of aryl methyl sites for hydroxylation is 1. The van der Waals surface area contributed by atoms with Crippen LogP contribution in [-0.4, -0.2) is 63.3 Å². The van der Waals surface area contributed by atoms with Crippen molar-refractivity contribution in [2.75, 3.05) is 38.7 Å². The topological polar surface area (TPSA) is 99.2 Å². The van der Waals surface area contributed by atoms with Crippen LogP contribution in [0.1, 0.15) is 12.0 Å². The number of nitrogens with zero attached hydrogens (tertiary/aromatic N) is 4. The summed E-state index contributed by atoms with van der Waals surface area (Å²) in [6, 6.07) is 17.8. The number of nitrogens with one attached hydrogen (secondary N) is 2. The van der Waals surface area contributed by atoms with E-state index in [0.717, 1.165) is 47.2 Å². The van der Waals surface area contributed by atoms with Gasteiger partial charge in [0, 0.05) is 36.6 Å². The van der Waals surface area contributed by atoms with E-state index in [4.69, 9.17) is 9.84 Å².